The van der Waals surface area contributed by atoms with Crippen LogP contribution in [0, 0.1) is 13.8 Å². The lowest BCUT2D eigenvalue weighted by molar-refractivity contribution is 0.208. The van der Waals surface area contributed by atoms with Crippen LogP contribution in [0.4, 0.5) is 0 Å². The molecule has 0 saturated heterocycles. The summed E-state index contributed by atoms with van der Waals surface area (Å²) in [4.78, 5) is 0. The van der Waals surface area contributed by atoms with E-state index in [4.69, 9.17) is 42.6 Å². The predicted octanol–water partition coefficient (Wildman–Crippen LogP) is 5.27. The number of rotatable bonds is 8. The van der Waals surface area contributed by atoms with Crippen LogP contribution in [0.2, 0.25) is 10.0 Å². The summed E-state index contributed by atoms with van der Waals surface area (Å²) in [5.41, 5.74) is 2.53. The van der Waals surface area contributed by atoms with E-state index in [1.807, 2.05) is 32.9 Å². The van der Waals surface area contributed by atoms with Gasteiger partial charge in [0.2, 0.25) is 0 Å². The summed E-state index contributed by atoms with van der Waals surface area (Å²) >= 11 is 12.4. The van der Waals surface area contributed by atoms with Crippen molar-refractivity contribution in [3.05, 3.63) is 51.0 Å². The van der Waals surface area contributed by atoms with E-state index in [0.717, 1.165) is 21.9 Å². The Morgan fingerprint density at radius 2 is 1.65 bits per heavy atom. The van der Waals surface area contributed by atoms with Gasteiger partial charge in [-0.1, -0.05) is 28.4 Å². The van der Waals surface area contributed by atoms with Crippen molar-refractivity contribution in [2.75, 3.05) is 19.8 Å². The second-order valence-corrected chi connectivity index (χ2v) is 6.36. The van der Waals surface area contributed by atoms with Crippen LogP contribution in [0.5, 0.6) is 17.2 Å². The van der Waals surface area contributed by atoms with Crippen molar-refractivity contribution in [2.45, 2.75) is 20.8 Å². The van der Waals surface area contributed by atoms with Crippen LogP contribution >= 0.6 is 23.2 Å². The zero-order valence-corrected chi connectivity index (χ0v) is 16.4. The number of halogens is 2. The molecule has 5 nitrogen and oxygen atoms in total. The van der Waals surface area contributed by atoms with Gasteiger partial charge in [-0.15, -0.1) is 0 Å². The van der Waals surface area contributed by atoms with Crippen LogP contribution in [-0.2, 0) is 0 Å². The number of aryl methyl sites for hydroxylation is 2. The van der Waals surface area contributed by atoms with Gasteiger partial charge in [0.25, 0.3) is 0 Å². The molecule has 0 aliphatic heterocycles. The van der Waals surface area contributed by atoms with Crippen molar-refractivity contribution in [1.82, 2.24) is 0 Å². The third-order valence-electron chi connectivity index (χ3n) is 3.55. The summed E-state index contributed by atoms with van der Waals surface area (Å²) in [6, 6.07) is 7.09. The molecule has 1 N–H and O–H groups in total. The number of oxime groups is 1. The minimum Gasteiger partial charge on any atom is -0.490 e. The van der Waals surface area contributed by atoms with Gasteiger partial charge in [-0.2, -0.15) is 0 Å². The fourth-order valence-corrected chi connectivity index (χ4v) is 2.81. The first-order valence-electron chi connectivity index (χ1n) is 8.12. The second kappa shape index (κ2) is 9.55. The van der Waals surface area contributed by atoms with Gasteiger partial charge in [-0.3, -0.25) is 0 Å². The largest absolute Gasteiger partial charge is 0.490 e. The van der Waals surface area contributed by atoms with E-state index in [2.05, 4.69) is 5.16 Å². The quantitative estimate of drug-likeness (QED) is 0.285. The van der Waals surface area contributed by atoms with Crippen LogP contribution in [0.25, 0.3) is 0 Å². The Kier molecular flexibility index (Phi) is 7.42. The molecule has 0 heterocycles. The molecule has 0 aliphatic rings. The molecule has 0 unspecified atom stereocenters. The van der Waals surface area contributed by atoms with E-state index >= 15 is 0 Å². The molecule has 140 valence electrons. The van der Waals surface area contributed by atoms with E-state index < -0.39 is 0 Å². The van der Waals surface area contributed by atoms with Crippen molar-refractivity contribution in [2.24, 2.45) is 5.16 Å². The maximum atomic E-state index is 8.67. The van der Waals surface area contributed by atoms with Gasteiger partial charge < -0.3 is 19.4 Å². The minimum atomic E-state index is 0.286. The van der Waals surface area contributed by atoms with Crippen LogP contribution in [0.1, 0.15) is 23.6 Å². The van der Waals surface area contributed by atoms with Gasteiger partial charge in [0.1, 0.15) is 19.0 Å². The molecule has 0 atom stereocenters. The Morgan fingerprint density at radius 1 is 1.00 bits per heavy atom. The molecule has 26 heavy (non-hydrogen) atoms. The Morgan fingerprint density at radius 3 is 2.27 bits per heavy atom. The number of hydrogen-bond donors (Lipinski definition) is 1. The maximum Gasteiger partial charge on any atom is 0.179 e. The number of ether oxygens (including phenoxy) is 3. The first-order valence-corrected chi connectivity index (χ1v) is 8.88. The van der Waals surface area contributed by atoms with Crippen molar-refractivity contribution in [3.63, 3.8) is 0 Å². The van der Waals surface area contributed by atoms with Crippen molar-refractivity contribution < 1.29 is 19.4 Å². The highest BCUT2D eigenvalue weighted by molar-refractivity contribution is 6.32. The Labute approximate surface area is 163 Å². The van der Waals surface area contributed by atoms with Crippen LogP contribution in [0.15, 0.2) is 29.4 Å². The molecular weight excluding hydrogens is 377 g/mol. The maximum absolute atomic E-state index is 8.67. The average Bonchev–Trinajstić information content (AvgIpc) is 2.58. The molecule has 2 rings (SSSR count). The summed E-state index contributed by atoms with van der Waals surface area (Å²) in [6.07, 6.45) is 1.27. The predicted molar refractivity (Wildman–Crippen MR) is 104 cm³/mol. The average molecular weight is 398 g/mol. The molecule has 0 saturated carbocycles. The van der Waals surface area contributed by atoms with Crippen molar-refractivity contribution in [1.29, 1.82) is 0 Å². The first kappa shape index (κ1) is 20.2. The van der Waals surface area contributed by atoms with E-state index in [0.29, 0.717) is 35.3 Å². The molecule has 2 aromatic rings. The molecule has 7 heteroatoms. The zero-order chi connectivity index (χ0) is 19.1. The van der Waals surface area contributed by atoms with Crippen LogP contribution in [-0.4, -0.2) is 31.2 Å². The molecule has 0 spiro atoms. The molecule has 0 aromatic heterocycles. The highest BCUT2D eigenvalue weighted by Gasteiger charge is 2.12. The Bertz CT molecular complexity index is 770. The van der Waals surface area contributed by atoms with Gasteiger partial charge >= 0.3 is 0 Å². The lowest BCUT2D eigenvalue weighted by Gasteiger charge is -2.15. The number of benzene rings is 2. The summed E-state index contributed by atoms with van der Waals surface area (Å²) in [5.74, 6) is 1.64. The highest BCUT2D eigenvalue weighted by Crippen LogP contribution is 2.36. The lowest BCUT2D eigenvalue weighted by Crippen LogP contribution is -2.10. The zero-order valence-electron chi connectivity index (χ0n) is 14.9. The molecule has 2 aromatic carbocycles. The summed E-state index contributed by atoms with van der Waals surface area (Å²) < 4.78 is 17.0. The van der Waals surface area contributed by atoms with Crippen LogP contribution in [0.3, 0.4) is 0 Å². The fraction of sp³-hybridized carbons (Fsp3) is 0.316. The third-order valence-corrected chi connectivity index (χ3v) is 4.42. The van der Waals surface area contributed by atoms with E-state index in [1.165, 1.54) is 6.21 Å². The molecular formula is C19H21Cl2NO4. The number of hydrogen-bond acceptors (Lipinski definition) is 5. The monoisotopic (exact) mass is 397 g/mol. The van der Waals surface area contributed by atoms with Crippen molar-refractivity contribution in [3.8, 4) is 17.2 Å². The molecule has 0 radical (unpaired) electrons. The number of nitrogens with zero attached hydrogens (tertiary/aromatic N) is 1. The topological polar surface area (TPSA) is 60.3 Å². The van der Waals surface area contributed by atoms with Crippen molar-refractivity contribution >= 4 is 29.4 Å². The van der Waals surface area contributed by atoms with Crippen LogP contribution < -0.4 is 14.2 Å². The van der Waals surface area contributed by atoms with E-state index in [-0.39, 0.29) is 6.61 Å². The summed E-state index contributed by atoms with van der Waals surface area (Å²) in [7, 11) is 0. The molecule has 0 bridgehead atoms. The van der Waals surface area contributed by atoms with Gasteiger partial charge in [0, 0.05) is 10.6 Å². The van der Waals surface area contributed by atoms with E-state index in [1.54, 1.807) is 12.1 Å². The highest BCUT2D eigenvalue weighted by atomic mass is 35.5. The minimum absolute atomic E-state index is 0.286. The van der Waals surface area contributed by atoms with Gasteiger partial charge in [-0.25, -0.2) is 0 Å². The smallest absolute Gasteiger partial charge is 0.179 e. The normalized spacial score (nSPS) is 11.0. The molecule has 0 fully saturated rings. The Hall–Kier alpha value is -2.11. The molecule has 0 aliphatic carbocycles. The van der Waals surface area contributed by atoms with Gasteiger partial charge in [0.15, 0.2) is 11.5 Å². The third kappa shape index (κ3) is 5.19. The van der Waals surface area contributed by atoms with Gasteiger partial charge in [-0.05, 0) is 56.2 Å². The fourth-order valence-electron chi connectivity index (χ4n) is 2.42. The summed E-state index contributed by atoms with van der Waals surface area (Å²) in [6.45, 7) is 6.80. The second-order valence-electron chi connectivity index (χ2n) is 5.58. The SMILES string of the molecule is CCOc1cc(C=NO)cc(Cl)c1OCCOc1cc(C)c(Cl)c(C)c1. The summed E-state index contributed by atoms with van der Waals surface area (Å²) in [5, 5.41) is 12.8. The lowest BCUT2D eigenvalue weighted by atomic mass is 10.1. The first-order chi connectivity index (χ1) is 12.5. The Balaban J connectivity index is 2.03. The standard InChI is InChI=1S/C19H21Cl2NO4/c1-4-24-17-10-14(11-22-23)9-16(20)19(17)26-6-5-25-15-7-12(2)18(21)13(3)8-15/h7-11,23H,4-6H2,1-3H3. The van der Waals surface area contributed by atoms with Gasteiger partial charge in [0.05, 0.1) is 17.8 Å². The van der Waals surface area contributed by atoms with E-state index in [9.17, 15) is 0 Å². The molecule has 0 amide bonds.